The molecule has 1 aliphatic heterocycles. The molecule has 2 bridgehead atoms. The van der Waals surface area contributed by atoms with Crippen LogP contribution in [0.25, 0.3) is 0 Å². The Morgan fingerprint density at radius 1 is 1.18 bits per heavy atom. The van der Waals surface area contributed by atoms with Crippen LogP contribution < -0.4 is 5.32 Å². The molecule has 1 saturated carbocycles. The highest BCUT2D eigenvalue weighted by atomic mass is 16.2. The van der Waals surface area contributed by atoms with Crippen molar-refractivity contribution in [3.05, 3.63) is 35.9 Å². The van der Waals surface area contributed by atoms with Gasteiger partial charge < -0.3 is 4.90 Å². The highest BCUT2D eigenvalue weighted by molar-refractivity contribution is 6.04. The second-order valence-corrected chi connectivity index (χ2v) is 7.59. The zero-order valence-corrected chi connectivity index (χ0v) is 13.6. The van der Waals surface area contributed by atoms with E-state index >= 15 is 0 Å². The van der Waals surface area contributed by atoms with E-state index in [2.05, 4.69) is 26.1 Å². The average molecular weight is 300 g/mol. The number of imide groups is 1. The number of nitrogens with zero attached hydrogens (tertiary/aromatic N) is 1. The van der Waals surface area contributed by atoms with Gasteiger partial charge in [-0.05, 0) is 42.2 Å². The third-order valence-electron chi connectivity index (χ3n) is 5.90. The number of urea groups is 1. The zero-order valence-electron chi connectivity index (χ0n) is 13.6. The van der Waals surface area contributed by atoms with Gasteiger partial charge in [-0.15, -0.1) is 0 Å². The molecule has 3 rings (SSSR count). The zero-order chi connectivity index (χ0) is 16.0. The van der Waals surface area contributed by atoms with Gasteiger partial charge in [-0.25, -0.2) is 4.79 Å². The maximum atomic E-state index is 12.5. The van der Waals surface area contributed by atoms with E-state index in [0.29, 0.717) is 5.56 Å². The van der Waals surface area contributed by atoms with Gasteiger partial charge in [-0.1, -0.05) is 39.0 Å². The summed E-state index contributed by atoms with van der Waals surface area (Å²) in [6, 6.07) is 8.90. The lowest BCUT2D eigenvalue weighted by Gasteiger charge is -2.44. The largest absolute Gasteiger partial charge is 0.324 e. The van der Waals surface area contributed by atoms with Crippen LogP contribution in [0.3, 0.4) is 0 Å². The molecule has 0 aromatic heterocycles. The molecule has 1 aromatic carbocycles. The van der Waals surface area contributed by atoms with Crippen LogP contribution in [-0.2, 0) is 0 Å². The fourth-order valence-electron chi connectivity index (χ4n) is 3.85. The molecule has 2 fully saturated rings. The van der Waals surface area contributed by atoms with Crippen LogP contribution in [0.4, 0.5) is 4.79 Å². The average Bonchev–Trinajstić information content (AvgIpc) is 2.80. The molecule has 2 atom stereocenters. The molecule has 3 amide bonds. The lowest BCUT2D eigenvalue weighted by molar-refractivity contribution is 0.0709. The van der Waals surface area contributed by atoms with Crippen LogP contribution in [0.5, 0.6) is 0 Å². The maximum absolute atomic E-state index is 12.5. The van der Waals surface area contributed by atoms with Crippen molar-refractivity contribution in [3.63, 3.8) is 0 Å². The topological polar surface area (TPSA) is 49.4 Å². The van der Waals surface area contributed by atoms with Gasteiger partial charge >= 0.3 is 6.03 Å². The molecule has 1 aliphatic carbocycles. The van der Waals surface area contributed by atoms with Crippen molar-refractivity contribution in [1.29, 1.82) is 0 Å². The van der Waals surface area contributed by atoms with E-state index < -0.39 is 0 Å². The van der Waals surface area contributed by atoms with Gasteiger partial charge in [0.15, 0.2) is 0 Å². The Hall–Kier alpha value is -1.84. The highest BCUT2D eigenvalue weighted by Crippen LogP contribution is 2.55. The van der Waals surface area contributed by atoms with Gasteiger partial charge in [0.25, 0.3) is 5.91 Å². The third-order valence-corrected chi connectivity index (χ3v) is 5.90. The first-order chi connectivity index (χ1) is 10.3. The van der Waals surface area contributed by atoms with Crippen LogP contribution in [0.2, 0.25) is 0 Å². The number of likely N-dealkylation sites (tertiary alicyclic amines) is 1. The molecule has 4 nitrogen and oxygen atoms in total. The second-order valence-electron chi connectivity index (χ2n) is 7.59. The molecule has 118 valence electrons. The molecule has 4 heteroatoms. The molecule has 1 aromatic rings. The second kappa shape index (κ2) is 5.11. The van der Waals surface area contributed by atoms with Crippen molar-refractivity contribution in [3.8, 4) is 0 Å². The summed E-state index contributed by atoms with van der Waals surface area (Å²) in [5.41, 5.74) is 0.898. The van der Waals surface area contributed by atoms with Crippen molar-refractivity contribution in [2.24, 2.45) is 10.8 Å². The summed E-state index contributed by atoms with van der Waals surface area (Å²) in [6.07, 6.45) is 3.19. The number of carbonyl (C=O) groups is 2. The van der Waals surface area contributed by atoms with Crippen molar-refractivity contribution in [2.75, 3.05) is 6.54 Å². The summed E-state index contributed by atoms with van der Waals surface area (Å²) in [5, 5.41) is 2.54. The number of hydrogen-bond acceptors (Lipinski definition) is 2. The Morgan fingerprint density at radius 3 is 2.50 bits per heavy atom. The Labute approximate surface area is 131 Å². The summed E-state index contributed by atoms with van der Waals surface area (Å²) in [6.45, 7) is 7.59. The molecule has 0 unspecified atom stereocenters. The van der Waals surface area contributed by atoms with E-state index in [1.165, 1.54) is 0 Å². The van der Waals surface area contributed by atoms with Crippen LogP contribution in [0, 0.1) is 10.8 Å². The molecule has 1 N–H and O–H groups in total. The number of benzene rings is 1. The van der Waals surface area contributed by atoms with Crippen molar-refractivity contribution in [1.82, 2.24) is 10.2 Å². The van der Waals surface area contributed by atoms with Crippen LogP contribution in [0.1, 0.15) is 50.4 Å². The van der Waals surface area contributed by atoms with E-state index in [1.807, 2.05) is 11.0 Å². The minimum Gasteiger partial charge on any atom is -0.321 e. The minimum atomic E-state index is -0.323. The SMILES string of the molecule is CC1(C)CC[C@H]2C[C@]1(C)CN2C(=O)NC(=O)c1ccccc1. The first-order valence-corrected chi connectivity index (χ1v) is 7.99. The molecule has 2 aliphatic rings. The first kappa shape index (κ1) is 15.1. The van der Waals surface area contributed by atoms with E-state index in [9.17, 15) is 9.59 Å². The number of amides is 3. The number of hydrogen-bond donors (Lipinski definition) is 1. The monoisotopic (exact) mass is 300 g/mol. The van der Waals surface area contributed by atoms with Gasteiger partial charge in [0, 0.05) is 18.2 Å². The van der Waals surface area contributed by atoms with Gasteiger partial charge in [-0.3, -0.25) is 10.1 Å². The highest BCUT2D eigenvalue weighted by Gasteiger charge is 2.54. The summed E-state index contributed by atoms with van der Waals surface area (Å²) in [5.74, 6) is -0.323. The van der Waals surface area contributed by atoms with Crippen LogP contribution >= 0.6 is 0 Å². The molecule has 1 heterocycles. The summed E-state index contributed by atoms with van der Waals surface area (Å²) >= 11 is 0. The number of carbonyl (C=O) groups excluding carboxylic acids is 2. The van der Waals surface area contributed by atoms with E-state index in [-0.39, 0.29) is 28.8 Å². The third kappa shape index (κ3) is 2.40. The number of nitrogens with one attached hydrogen (secondary N) is 1. The Balaban J connectivity index is 1.71. The molecular formula is C18H24N2O2. The van der Waals surface area contributed by atoms with Gasteiger partial charge in [0.05, 0.1) is 0 Å². The van der Waals surface area contributed by atoms with E-state index in [0.717, 1.165) is 25.8 Å². The van der Waals surface area contributed by atoms with Crippen LogP contribution in [0.15, 0.2) is 30.3 Å². The van der Waals surface area contributed by atoms with Crippen molar-refractivity contribution in [2.45, 2.75) is 46.1 Å². The lowest BCUT2D eigenvalue weighted by Crippen LogP contribution is -2.45. The van der Waals surface area contributed by atoms with E-state index in [1.54, 1.807) is 24.3 Å². The number of fused-ring (bicyclic) bond motifs is 2. The van der Waals surface area contributed by atoms with Crippen molar-refractivity contribution >= 4 is 11.9 Å². The summed E-state index contributed by atoms with van der Waals surface area (Å²) in [7, 11) is 0. The predicted octanol–water partition coefficient (Wildman–Crippen LogP) is 3.44. The standard InChI is InChI=1S/C18H24N2O2/c1-17(2)10-9-14-11-18(17,3)12-20(14)16(22)19-15(21)13-7-5-4-6-8-13/h4-8,14H,9-12H2,1-3H3,(H,19,21,22)/t14-,18+/m0/s1. The van der Waals surface area contributed by atoms with Gasteiger partial charge in [0.2, 0.25) is 0 Å². The van der Waals surface area contributed by atoms with Gasteiger partial charge in [0.1, 0.15) is 0 Å². The molecule has 0 radical (unpaired) electrons. The quantitative estimate of drug-likeness (QED) is 0.863. The minimum absolute atomic E-state index is 0.142. The fraction of sp³-hybridized carbons (Fsp3) is 0.556. The Bertz CT molecular complexity index is 596. The van der Waals surface area contributed by atoms with Crippen LogP contribution in [-0.4, -0.2) is 29.4 Å². The predicted molar refractivity (Wildman–Crippen MR) is 85.5 cm³/mol. The van der Waals surface area contributed by atoms with Gasteiger partial charge in [-0.2, -0.15) is 0 Å². The molecular weight excluding hydrogens is 276 g/mol. The molecule has 22 heavy (non-hydrogen) atoms. The van der Waals surface area contributed by atoms with E-state index in [4.69, 9.17) is 0 Å². The lowest BCUT2D eigenvalue weighted by atomic mass is 9.60. The number of rotatable bonds is 1. The Kier molecular flexibility index (Phi) is 3.50. The fourth-order valence-corrected chi connectivity index (χ4v) is 3.85. The first-order valence-electron chi connectivity index (χ1n) is 7.99. The Morgan fingerprint density at radius 2 is 1.86 bits per heavy atom. The summed E-state index contributed by atoms with van der Waals surface area (Å²) in [4.78, 5) is 26.5. The smallest absolute Gasteiger partial charge is 0.321 e. The summed E-state index contributed by atoms with van der Waals surface area (Å²) < 4.78 is 0. The molecule has 0 spiro atoms. The maximum Gasteiger partial charge on any atom is 0.324 e. The normalized spacial score (nSPS) is 29.2. The molecule has 1 saturated heterocycles. The van der Waals surface area contributed by atoms with Crippen molar-refractivity contribution < 1.29 is 9.59 Å².